The van der Waals surface area contributed by atoms with Crippen LogP contribution in [-0.2, 0) is 28.7 Å². The van der Waals surface area contributed by atoms with Crippen molar-refractivity contribution in [1.82, 2.24) is 10.6 Å². The Bertz CT molecular complexity index is 458. The van der Waals surface area contributed by atoms with Crippen LogP contribution in [0, 0.1) is 0 Å². The first-order valence-corrected chi connectivity index (χ1v) is 13.7. The van der Waals surface area contributed by atoms with Crippen LogP contribution in [0.4, 0.5) is 0 Å². The van der Waals surface area contributed by atoms with E-state index >= 15 is 0 Å². The molecule has 0 aromatic carbocycles. The van der Waals surface area contributed by atoms with Crippen molar-refractivity contribution in [1.29, 1.82) is 0 Å². The second kappa shape index (κ2) is 10.0. The summed E-state index contributed by atoms with van der Waals surface area (Å²) in [6.07, 6.45) is 0. The Morgan fingerprint density at radius 3 is 1.29 bits per heavy atom. The van der Waals surface area contributed by atoms with Gasteiger partial charge in [0, 0.05) is 0 Å². The minimum atomic E-state index is -1.09. The average molecular weight is 474 g/mol. The zero-order chi connectivity index (χ0) is 19.0. The van der Waals surface area contributed by atoms with E-state index < -0.39 is 23.0 Å². The van der Waals surface area contributed by atoms with E-state index in [2.05, 4.69) is 10.6 Å². The number of methoxy groups -OCH3 is 2. The van der Waals surface area contributed by atoms with Gasteiger partial charge in [-0.2, -0.15) is 0 Å². The third-order valence-corrected chi connectivity index (χ3v) is 10.6. The van der Waals surface area contributed by atoms with Gasteiger partial charge in [0.15, 0.2) is 0 Å². The SMILES string of the molecule is COC(=O)C(C)(C[Se][Se]CC(C)(NC(C)=O)C(=O)OC)NC(C)=O. The van der Waals surface area contributed by atoms with Crippen molar-refractivity contribution in [3.8, 4) is 0 Å². The second-order valence-corrected chi connectivity index (χ2v) is 12.9. The number of carbonyl (C=O) groups is 4. The molecule has 24 heavy (non-hydrogen) atoms. The Kier molecular flexibility index (Phi) is 9.58. The Morgan fingerprint density at radius 1 is 0.792 bits per heavy atom. The number of rotatable bonds is 9. The van der Waals surface area contributed by atoms with Gasteiger partial charge in [0.25, 0.3) is 0 Å². The first-order valence-electron chi connectivity index (χ1n) is 6.99. The average Bonchev–Trinajstić information content (AvgIpc) is 2.48. The van der Waals surface area contributed by atoms with Crippen LogP contribution in [0.2, 0.25) is 10.6 Å². The number of hydrogen-bond acceptors (Lipinski definition) is 6. The summed E-state index contributed by atoms with van der Waals surface area (Å²) in [5.41, 5.74) is -2.17. The maximum atomic E-state index is 11.9. The molecule has 0 aliphatic rings. The normalized spacial score (nSPS) is 15.4. The summed E-state index contributed by atoms with van der Waals surface area (Å²) in [6, 6.07) is 0. The molecular weight excluding hydrogens is 450 g/mol. The first kappa shape index (κ1) is 22.9. The monoisotopic (exact) mass is 476 g/mol. The molecule has 0 bridgehead atoms. The predicted molar refractivity (Wildman–Crippen MR) is 89.6 cm³/mol. The fourth-order valence-electron chi connectivity index (χ4n) is 1.84. The first-order chi connectivity index (χ1) is 11.0. The summed E-state index contributed by atoms with van der Waals surface area (Å²) in [4.78, 5) is 46.4. The molecule has 0 rings (SSSR count). The van der Waals surface area contributed by atoms with Gasteiger partial charge in [-0.15, -0.1) is 0 Å². The molecule has 10 heteroatoms. The standard InChI is InChI=1S/C14H24N2O6Se2/c1-9(17)15-13(3,11(19)21-5)7-23-24-8-14(4,12(20)22-6)16-10(2)18/h7-8H2,1-6H3,(H,15,17)(H,16,18). The molecule has 0 spiro atoms. The molecule has 8 nitrogen and oxygen atoms in total. The van der Waals surface area contributed by atoms with Crippen LogP contribution in [0.25, 0.3) is 0 Å². The van der Waals surface area contributed by atoms with Crippen LogP contribution in [0.5, 0.6) is 0 Å². The summed E-state index contributed by atoms with van der Waals surface area (Å²) in [5.74, 6) is -1.64. The van der Waals surface area contributed by atoms with Crippen LogP contribution in [0.1, 0.15) is 27.7 Å². The number of hydrogen-bond donors (Lipinski definition) is 2. The van der Waals surface area contributed by atoms with Gasteiger partial charge in [0.05, 0.1) is 0 Å². The number of esters is 2. The van der Waals surface area contributed by atoms with E-state index in [1.165, 1.54) is 28.1 Å². The molecule has 0 heterocycles. The van der Waals surface area contributed by atoms with Gasteiger partial charge >= 0.3 is 153 Å². The predicted octanol–water partition coefficient (Wildman–Crippen LogP) is -0.718. The van der Waals surface area contributed by atoms with Gasteiger partial charge in [-0.1, -0.05) is 0 Å². The molecule has 0 radical (unpaired) electrons. The van der Waals surface area contributed by atoms with Crippen molar-refractivity contribution in [3.05, 3.63) is 0 Å². The summed E-state index contributed by atoms with van der Waals surface area (Å²) < 4.78 is 9.51. The zero-order valence-corrected chi connectivity index (χ0v) is 18.1. The third-order valence-electron chi connectivity index (χ3n) is 2.95. The summed E-state index contributed by atoms with van der Waals surface area (Å²) in [5, 5.41) is 6.11. The van der Waals surface area contributed by atoms with Gasteiger partial charge in [-0.25, -0.2) is 0 Å². The van der Waals surface area contributed by atoms with Gasteiger partial charge in [0.2, 0.25) is 0 Å². The molecule has 2 unspecified atom stereocenters. The number of carbonyl (C=O) groups excluding carboxylic acids is 4. The van der Waals surface area contributed by atoms with E-state index in [-0.39, 0.29) is 38.1 Å². The quantitative estimate of drug-likeness (QED) is 0.260. The van der Waals surface area contributed by atoms with Crippen molar-refractivity contribution in [2.75, 3.05) is 14.2 Å². The van der Waals surface area contributed by atoms with Crippen molar-refractivity contribution >= 4 is 50.0 Å². The molecule has 0 aliphatic carbocycles. The van der Waals surface area contributed by atoms with Gasteiger partial charge in [0.1, 0.15) is 0 Å². The Morgan fingerprint density at radius 2 is 1.08 bits per heavy atom. The number of nitrogens with one attached hydrogen (secondary N) is 2. The van der Waals surface area contributed by atoms with E-state index in [1.807, 2.05) is 0 Å². The Balaban J connectivity index is 4.80. The van der Waals surface area contributed by atoms with Crippen molar-refractivity contribution in [2.45, 2.75) is 49.4 Å². The van der Waals surface area contributed by atoms with Crippen LogP contribution in [0.15, 0.2) is 0 Å². The van der Waals surface area contributed by atoms with E-state index in [0.717, 1.165) is 0 Å². The van der Waals surface area contributed by atoms with Gasteiger partial charge in [-0.05, 0) is 0 Å². The Labute approximate surface area is 153 Å². The number of ether oxygens (including phenoxy) is 2. The summed E-state index contributed by atoms with van der Waals surface area (Å²) >= 11 is -0.0156. The van der Waals surface area contributed by atoms with Crippen LogP contribution in [0.3, 0.4) is 0 Å². The molecule has 2 N–H and O–H groups in total. The molecule has 0 saturated carbocycles. The summed E-state index contributed by atoms with van der Waals surface area (Å²) in [7, 11) is 2.54. The number of amides is 2. The minimum absolute atomic E-state index is 0.00780. The molecule has 0 aliphatic heterocycles. The topological polar surface area (TPSA) is 111 Å². The van der Waals surface area contributed by atoms with Crippen molar-refractivity contribution in [2.24, 2.45) is 0 Å². The van der Waals surface area contributed by atoms with Crippen LogP contribution >= 0.6 is 0 Å². The fourth-order valence-corrected chi connectivity index (χ4v) is 10.9. The van der Waals surface area contributed by atoms with Crippen LogP contribution < -0.4 is 10.6 Å². The van der Waals surface area contributed by atoms with E-state index in [4.69, 9.17) is 9.47 Å². The molecule has 2 atom stereocenters. The molecule has 0 fully saturated rings. The third kappa shape index (κ3) is 7.21. The van der Waals surface area contributed by atoms with Crippen LogP contribution in [-0.4, -0.2) is 75.3 Å². The molecule has 0 aromatic rings. The molecule has 0 saturated heterocycles. The van der Waals surface area contributed by atoms with Crippen molar-refractivity contribution in [3.63, 3.8) is 0 Å². The van der Waals surface area contributed by atoms with E-state index in [9.17, 15) is 19.2 Å². The van der Waals surface area contributed by atoms with Gasteiger partial charge in [-0.3, -0.25) is 0 Å². The van der Waals surface area contributed by atoms with Gasteiger partial charge < -0.3 is 0 Å². The van der Waals surface area contributed by atoms with E-state index in [1.54, 1.807) is 13.8 Å². The Hall–Kier alpha value is -1.08. The summed E-state index contributed by atoms with van der Waals surface area (Å²) in [6.45, 7) is 5.91. The fraction of sp³-hybridized carbons (Fsp3) is 0.714. The van der Waals surface area contributed by atoms with E-state index in [0.29, 0.717) is 10.6 Å². The molecule has 0 aromatic heterocycles. The maximum absolute atomic E-state index is 11.9. The molecule has 138 valence electrons. The second-order valence-electron chi connectivity index (χ2n) is 5.53. The molecule has 2 amide bonds. The zero-order valence-electron chi connectivity index (χ0n) is 14.7. The van der Waals surface area contributed by atoms with Crippen molar-refractivity contribution < 1.29 is 28.7 Å². The molecular formula is C14H24N2O6Se2.